The number of sulfonamides is 1. The lowest BCUT2D eigenvalue weighted by atomic mass is 9.94. The summed E-state index contributed by atoms with van der Waals surface area (Å²) in [4.78, 5) is 0. The molecule has 1 atom stereocenters. The molecule has 0 saturated heterocycles. The van der Waals surface area contributed by atoms with E-state index in [4.69, 9.17) is 0 Å². The zero-order chi connectivity index (χ0) is 14.0. The maximum Gasteiger partial charge on any atom is 0.217 e. The van der Waals surface area contributed by atoms with Gasteiger partial charge in [-0.05, 0) is 33.3 Å². The zero-order valence-electron chi connectivity index (χ0n) is 11.3. The second-order valence-corrected chi connectivity index (χ2v) is 8.01. The molecular formula is C13H21NO3S. The number of aliphatic hydroxyl groups is 1. The molecule has 0 spiro atoms. The van der Waals surface area contributed by atoms with Gasteiger partial charge in [0, 0.05) is 0 Å². The number of aliphatic hydroxyl groups excluding tert-OH is 1. The van der Waals surface area contributed by atoms with Crippen molar-refractivity contribution in [1.29, 1.82) is 0 Å². The van der Waals surface area contributed by atoms with Gasteiger partial charge in [-0.2, -0.15) is 0 Å². The van der Waals surface area contributed by atoms with E-state index in [-0.39, 0.29) is 6.61 Å². The van der Waals surface area contributed by atoms with Crippen LogP contribution in [-0.2, 0) is 15.6 Å². The first-order valence-electron chi connectivity index (χ1n) is 5.82. The van der Waals surface area contributed by atoms with Crippen molar-refractivity contribution in [3.8, 4) is 0 Å². The second-order valence-electron chi connectivity index (χ2n) is 5.57. The van der Waals surface area contributed by atoms with E-state index in [1.807, 2.05) is 18.2 Å². The van der Waals surface area contributed by atoms with Crippen molar-refractivity contribution < 1.29 is 13.5 Å². The van der Waals surface area contributed by atoms with Gasteiger partial charge in [-0.15, -0.1) is 0 Å². The van der Waals surface area contributed by atoms with Gasteiger partial charge in [0.15, 0.2) is 0 Å². The predicted molar refractivity (Wildman–Crippen MR) is 72.7 cm³/mol. The standard InChI is InChI=1S/C13H21NO3S/c1-12(2,3)18(16,17)14-13(4,10-15)11-8-6-5-7-9-11/h5-9,14-15H,10H2,1-4H3. The Bertz CT molecular complexity index is 491. The average Bonchev–Trinajstić information content (AvgIpc) is 2.28. The largest absolute Gasteiger partial charge is 0.394 e. The topological polar surface area (TPSA) is 66.4 Å². The first-order chi connectivity index (χ1) is 8.12. The fourth-order valence-electron chi connectivity index (χ4n) is 1.44. The fraction of sp³-hybridized carbons (Fsp3) is 0.538. The Morgan fingerprint density at radius 1 is 1.11 bits per heavy atom. The van der Waals surface area contributed by atoms with Crippen LogP contribution < -0.4 is 4.72 Å². The molecule has 1 aromatic rings. The van der Waals surface area contributed by atoms with Crippen molar-refractivity contribution in [2.24, 2.45) is 0 Å². The number of hydrogen-bond donors (Lipinski definition) is 2. The third-order valence-electron chi connectivity index (χ3n) is 2.89. The smallest absolute Gasteiger partial charge is 0.217 e. The quantitative estimate of drug-likeness (QED) is 0.874. The van der Waals surface area contributed by atoms with E-state index in [1.165, 1.54) is 0 Å². The minimum Gasteiger partial charge on any atom is -0.394 e. The molecule has 4 nitrogen and oxygen atoms in total. The summed E-state index contributed by atoms with van der Waals surface area (Å²) in [6.07, 6.45) is 0. The van der Waals surface area contributed by atoms with Gasteiger partial charge < -0.3 is 5.11 Å². The minimum absolute atomic E-state index is 0.299. The zero-order valence-corrected chi connectivity index (χ0v) is 12.1. The first kappa shape index (κ1) is 15.1. The second kappa shape index (κ2) is 4.99. The molecule has 0 aliphatic rings. The van der Waals surface area contributed by atoms with Crippen molar-refractivity contribution in [3.05, 3.63) is 35.9 Å². The minimum atomic E-state index is -3.53. The van der Waals surface area contributed by atoms with E-state index in [1.54, 1.807) is 39.8 Å². The van der Waals surface area contributed by atoms with E-state index in [0.29, 0.717) is 0 Å². The van der Waals surface area contributed by atoms with Gasteiger partial charge in [0.1, 0.15) is 0 Å². The van der Waals surface area contributed by atoms with Gasteiger partial charge in [0.05, 0.1) is 16.9 Å². The maximum atomic E-state index is 12.2. The maximum absolute atomic E-state index is 12.2. The van der Waals surface area contributed by atoms with Crippen molar-refractivity contribution in [1.82, 2.24) is 4.72 Å². The van der Waals surface area contributed by atoms with Crippen molar-refractivity contribution in [2.75, 3.05) is 6.61 Å². The van der Waals surface area contributed by atoms with Crippen molar-refractivity contribution in [3.63, 3.8) is 0 Å². The number of nitrogens with one attached hydrogen (secondary N) is 1. The number of hydrogen-bond acceptors (Lipinski definition) is 3. The van der Waals surface area contributed by atoms with Crippen LogP contribution in [-0.4, -0.2) is 24.9 Å². The first-order valence-corrected chi connectivity index (χ1v) is 7.31. The number of rotatable bonds is 4. The SMILES string of the molecule is CC(CO)(NS(=O)(=O)C(C)(C)C)c1ccccc1. The molecule has 1 unspecified atom stereocenters. The highest BCUT2D eigenvalue weighted by molar-refractivity contribution is 7.90. The van der Waals surface area contributed by atoms with Gasteiger partial charge in [-0.1, -0.05) is 30.3 Å². The summed E-state index contributed by atoms with van der Waals surface area (Å²) in [5.74, 6) is 0. The highest BCUT2D eigenvalue weighted by Crippen LogP contribution is 2.24. The molecule has 0 aromatic heterocycles. The molecular weight excluding hydrogens is 250 g/mol. The summed E-state index contributed by atoms with van der Waals surface area (Å²) in [7, 11) is -3.53. The molecule has 0 saturated carbocycles. The van der Waals surface area contributed by atoms with Gasteiger partial charge in [-0.3, -0.25) is 0 Å². The number of benzene rings is 1. The highest BCUT2D eigenvalue weighted by Gasteiger charge is 2.37. The molecule has 0 bridgehead atoms. The molecule has 5 heteroatoms. The average molecular weight is 271 g/mol. The molecule has 0 amide bonds. The molecule has 102 valence electrons. The molecule has 0 heterocycles. The van der Waals surface area contributed by atoms with Crippen LogP contribution in [0, 0.1) is 0 Å². The molecule has 0 radical (unpaired) electrons. The fourth-order valence-corrected chi connectivity index (χ4v) is 2.52. The summed E-state index contributed by atoms with van der Waals surface area (Å²) in [6, 6.07) is 9.06. The Morgan fingerprint density at radius 3 is 2.00 bits per heavy atom. The summed E-state index contributed by atoms with van der Waals surface area (Å²) >= 11 is 0. The Labute approximate surface area is 109 Å². The molecule has 0 aliphatic heterocycles. The highest BCUT2D eigenvalue weighted by atomic mass is 32.2. The molecule has 1 rings (SSSR count). The van der Waals surface area contributed by atoms with Crippen LogP contribution in [0.25, 0.3) is 0 Å². The Hall–Kier alpha value is -0.910. The van der Waals surface area contributed by atoms with Crippen LogP contribution in [0.1, 0.15) is 33.3 Å². The third kappa shape index (κ3) is 3.10. The lowest BCUT2D eigenvalue weighted by Gasteiger charge is -2.32. The summed E-state index contributed by atoms with van der Waals surface area (Å²) < 4.78 is 26.0. The van der Waals surface area contributed by atoms with Gasteiger partial charge in [0.2, 0.25) is 10.0 Å². The Balaban J connectivity index is 3.13. The molecule has 1 aromatic carbocycles. The van der Waals surface area contributed by atoms with Gasteiger partial charge >= 0.3 is 0 Å². The van der Waals surface area contributed by atoms with E-state index >= 15 is 0 Å². The van der Waals surface area contributed by atoms with Crippen molar-refractivity contribution in [2.45, 2.75) is 38.0 Å². The van der Waals surface area contributed by atoms with E-state index in [9.17, 15) is 13.5 Å². The predicted octanol–water partition coefficient (Wildman–Crippen LogP) is 1.61. The summed E-state index contributed by atoms with van der Waals surface area (Å²) in [5, 5.41) is 9.54. The van der Waals surface area contributed by atoms with Crippen LogP contribution >= 0.6 is 0 Å². The lowest BCUT2D eigenvalue weighted by molar-refractivity contribution is 0.195. The van der Waals surface area contributed by atoms with Gasteiger partial charge in [-0.25, -0.2) is 13.1 Å². The van der Waals surface area contributed by atoms with Crippen LogP contribution in [0.3, 0.4) is 0 Å². The monoisotopic (exact) mass is 271 g/mol. The summed E-state index contributed by atoms with van der Waals surface area (Å²) in [5.41, 5.74) is -0.270. The Morgan fingerprint density at radius 2 is 1.61 bits per heavy atom. The van der Waals surface area contributed by atoms with Crippen molar-refractivity contribution >= 4 is 10.0 Å². The molecule has 18 heavy (non-hydrogen) atoms. The molecule has 0 aliphatic carbocycles. The van der Waals surface area contributed by atoms with Crippen LogP contribution in [0.15, 0.2) is 30.3 Å². The molecule has 0 fully saturated rings. The molecule has 2 N–H and O–H groups in total. The Kier molecular flexibility index (Phi) is 4.20. The normalized spacial score (nSPS) is 16.3. The van der Waals surface area contributed by atoms with E-state index in [0.717, 1.165) is 5.56 Å². The van der Waals surface area contributed by atoms with Crippen LogP contribution in [0.2, 0.25) is 0 Å². The van der Waals surface area contributed by atoms with Crippen LogP contribution in [0.5, 0.6) is 0 Å². The van der Waals surface area contributed by atoms with E-state index < -0.39 is 20.3 Å². The third-order valence-corrected chi connectivity index (χ3v) is 5.22. The summed E-state index contributed by atoms with van der Waals surface area (Å²) in [6.45, 7) is 6.24. The van der Waals surface area contributed by atoms with Gasteiger partial charge in [0.25, 0.3) is 0 Å². The van der Waals surface area contributed by atoms with E-state index in [2.05, 4.69) is 4.72 Å². The van der Waals surface area contributed by atoms with Crippen LogP contribution in [0.4, 0.5) is 0 Å². The lowest BCUT2D eigenvalue weighted by Crippen LogP contribution is -2.51.